The Hall–Kier alpha value is -2.27. The Morgan fingerprint density at radius 1 is 1.11 bits per heavy atom. The third-order valence-electron chi connectivity index (χ3n) is 4.79. The fraction of sp³-hybridized carbons (Fsp3) is 0.409. The van der Waals surface area contributed by atoms with E-state index in [9.17, 15) is 4.79 Å². The molecule has 0 aliphatic heterocycles. The lowest BCUT2D eigenvalue weighted by molar-refractivity contribution is 0.0957. The number of nitrogens with one attached hydrogen (secondary N) is 1. The van der Waals surface area contributed by atoms with E-state index in [0.717, 1.165) is 38.6 Å². The number of nitrogens with zero attached hydrogens (tertiary/aromatic N) is 2. The van der Waals surface area contributed by atoms with Crippen molar-refractivity contribution in [1.29, 1.82) is 0 Å². The van der Waals surface area contributed by atoms with Gasteiger partial charge in [-0.2, -0.15) is 0 Å². The molecule has 0 aliphatic rings. The van der Waals surface area contributed by atoms with Crippen LogP contribution in [0.5, 0.6) is 0 Å². The first-order chi connectivity index (χ1) is 12.7. The maximum atomic E-state index is 12.8. The maximum absolute atomic E-state index is 12.8. The van der Waals surface area contributed by atoms with Gasteiger partial charge in [0.2, 0.25) is 0 Å². The summed E-state index contributed by atoms with van der Waals surface area (Å²) in [5, 5.41) is 4.08. The highest BCUT2D eigenvalue weighted by Crippen LogP contribution is 2.33. The minimum Gasteiger partial charge on any atom is -0.351 e. The second-order valence-corrected chi connectivity index (χ2v) is 9.05. The first-order valence-corrected chi connectivity index (χ1v) is 10.1. The molecule has 3 rings (SSSR count). The van der Waals surface area contributed by atoms with E-state index < -0.39 is 0 Å². The summed E-state index contributed by atoms with van der Waals surface area (Å²) in [5.41, 5.74) is 4.32. The van der Waals surface area contributed by atoms with Gasteiger partial charge in [-0.1, -0.05) is 45.0 Å². The molecule has 142 valence electrons. The molecular formula is C22H27N3OS. The van der Waals surface area contributed by atoms with Crippen molar-refractivity contribution >= 4 is 27.5 Å². The summed E-state index contributed by atoms with van der Waals surface area (Å²) in [7, 11) is 0. The summed E-state index contributed by atoms with van der Waals surface area (Å²) in [4.78, 5) is 23.8. The first-order valence-electron chi connectivity index (χ1n) is 9.29. The average Bonchev–Trinajstić information content (AvgIpc) is 2.93. The van der Waals surface area contributed by atoms with Crippen molar-refractivity contribution in [2.45, 2.75) is 53.4 Å². The van der Waals surface area contributed by atoms with E-state index in [-0.39, 0.29) is 11.3 Å². The number of hydrogen-bond acceptors (Lipinski definition) is 4. The molecule has 4 nitrogen and oxygen atoms in total. The lowest BCUT2D eigenvalue weighted by Gasteiger charge is -2.16. The largest absolute Gasteiger partial charge is 0.351 e. The van der Waals surface area contributed by atoms with Gasteiger partial charge in [-0.05, 0) is 43.9 Å². The van der Waals surface area contributed by atoms with Gasteiger partial charge in [-0.25, -0.2) is 9.97 Å². The van der Waals surface area contributed by atoms with Crippen molar-refractivity contribution in [2.24, 2.45) is 0 Å². The van der Waals surface area contributed by atoms with Crippen LogP contribution in [0.2, 0.25) is 0 Å². The molecule has 1 N–H and O–H groups in total. The van der Waals surface area contributed by atoms with Crippen LogP contribution in [0.4, 0.5) is 0 Å². The fourth-order valence-electron chi connectivity index (χ4n) is 3.17. The fourth-order valence-corrected chi connectivity index (χ4v) is 4.32. The van der Waals surface area contributed by atoms with E-state index in [2.05, 4.69) is 50.1 Å². The summed E-state index contributed by atoms with van der Waals surface area (Å²) in [5.74, 6) is 0.793. The second kappa shape index (κ2) is 7.39. The Morgan fingerprint density at radius 2 is 1.81 bits per heavy atom. The first kappa shape index (κ1) is 19.5. The lowest BCUT2D eigenvalue weighted by Crippen LogP contribution is -2.25. The van der Waals surface area contributed by atoms with Gasteiger partial charge in [0, 0.05) is 17.3 Å². The number of carbonyl (C=O) groups excluding carboxylic acids is 1. The van der Waals surface area contributed by atoms with Gasteiger partial charge >= 0.3 is 0 Å². The van der Waals surface area contributed by atoms with E-state index in [1.807, 2.05) is 26.0 Å². The van der Waals surface area contributed by atoms with Crippen LogP contribution in [0, 0.1) is 20.8 Å². The molecule has 0 unspecified atom stereocenters. The molecule has 2 heterocycles. The predicted octanol–water partition coefficient (Wildman–Crippen LogP) is 4.89. The molecule has 0 saturated heterocycles. The molecule has 5 heteroatoms. The number of benzene rings is 1. The molecule has 0 bridgehead atoms. The van der Waals surface area contributed by atoms with E-state index in [1.54, 1.807) is 0 Å². The molecule has 0 saturated carbocycles. The van der Waals surface area contributed by atoms with Crippen molar-refractivity contribution in [3.8, 4) is 0 Å². The van der Waals surface area contributed by atoms with Crippen LogP contribution in [-0.2, 0) is 11.8 Å². The van der Waals surface area contributed by atoms with Crippen molar-refractivity contribution < 1.29 is 4.79 Å². The van der Waals surface area contributed by atoms with Crippen LogP contribution in [0.3, 0.4) is 0 Å². The number of aryl methyl sites for hydroxylation is 3. The molecule has 0 spiro atoms. The van der Waals surface area contributed by atoms with Crippen molar-refractivity contribution in [2.75, 3.05) is 6.54 Å². The van der Waals surface area contributed by atoms with Crippen LogP contribution in [-0.4, -0.2) is 22.4 Å². The molecule has 0 aliphatic carbocycles. The predicted molar refractivity (Wildman–Crippen MR) is 113 cm³/mol. The number of fused-ring (bicyclic) bond motifs is 1. The number of hydrogen-bond donors (Lipinski definition) is 1. The molecule has 2 aromatic heterocycles. The topological polar surface area (TPSA) is 54.9 Å². The molecule has 1 aromatic carbocycles. The number of thiophene rings is 1. The molecule has 0 atom stereocenters. The Balaban J connectivity index is 1.81. The standard InChI is InChI=1S/C22H27N3OS/c1-13-9-7-8-10-16(13)11-12-23-19(26)18-14(2)17-15(3)24-21(22(4,5)6)25-20(17)27-18/h7-10H,11-12H2,1-6H3,(H,23,26). The van der Waals surface area contributed by atoms with Crippen LogP contribution >= 0.6 is 11.3 Å². The van der Waals surface area contributed by atoms with Crippen LogP contribution < -0.4 is 5.32 Å². The zero-order valence-electron chi connectivity index (χ0n) is 16.9. The van der Waals surface area contributed by atoms with Crippen molar-refractivity contribution in [3.05, 3.63) is 57.4 Å². The maximum Gasteiger partial charge on any atom is 0.261 e. The molecule has 0 fully saturated rings. The van der Waals surface area contributed by atoms with Gasteiger partial charge in [0.1, 0.15) is 10.7 Å². The SMILES string of the molecule is Cc1ccccc1CCNC(=O)c1sc2nc(C(C)(C)C)nc(C)c2c1C. The number of aromatic nitrogens is 2. The Labute approximate surface area is 165 Å². The minimum absolute atomic E-state index is 0.0270. The van der Waals surface area contributed by atoms with Gasteiger partial charge in [0.15, 0.2) is 0 Å². The van der Waals surface area contributed by atoms with Crippen molar-refractivity contribution in [1.82, 2.24) is 15.3 Å². The average molecular weight is 382 g/mol. The quantitative estimate of drug-likeness (QED) is 0.700. The molecule has 27 heavy (non-hydrogen) atoms. The molecular weight excluding hydrogens is 354 g/mol. The smallest absolute Gasteiger partial charge is 0.261 e. The van der Waals surface area contributed by atoms with Crippen LogP contribution in [0.15, 0.2) is 24.3 Å². The van der Waals surface area contributed by atoms with Crippen LogP contribution in [0.25, 0.3) is 10.2 Å². The van der Waals surface area contributed by atoms with Gasteiger partial charge in [0.05, 0.1) is 10.6 Å². The number of carbonyl (C=O) groups is 1. The van der Waals surface area contributed by atoms with E-state index >= 15 is 0 Å². The van der Waals surface area contributed by atoms with Crippen LogP contribution in [0.1, 0.15) is 58.7 Å². The monoisotopic (exact) mass is 381 g/mol. The Kier molecular flexibility index (Phi) is 5.33. The lowest BCUT2D eigenvalue weighted by atomic mass is 9.95. The summed E-state index contributed by atoms with van der Waals surface area (Å²) < 4.78 is 0. The summed E-state index contributed by atoms with van der Waals surface area (Å²) in [6.07, 6.45) is 0.829. The van der Waals surface area contributed by atoms with Gasteiger partial charge in [-0.15, -0.1) is 11.3 Å². The van der Waals surface area contributed by atoms with Crippen molar-refractivity contribution in [3.63, 3.8) is 0 Å². The van der Waals surface area contributed by atoms with E-state index in [4.69, 9.17) is 4.98 Å². The highest BCUT2D eigenvalue weighted by Gasteiger charge is 2.23. The van der Waals surface area contributed by atoms with E-state index in [0.29, 0.717) is 6.54 Å². The summed E-state index contributed by atoms with van der Waals surface area (Å²) in [6.45, 7) is 13.0. The van der Waals surface area contributed by atoms with Gasteiger partial charge < -0.3 is 5.32 Å². The third-order valence-corrected chi connectivity index (χ3v) is 5.97. The van der Waals surface area contributed by atoms with E-state index in [1.165, 1.54) is 22.5 Å². The van der Waals surface area contributed by atoms with Gasteiger partial charge in [0.25, 0.3) is 5.91 Å². The second-order valence-electron chi connectivity index (χ2n) is 8.05. The number of amides is 1. The zero-order valence-corrected chi connectivity index (χ0v) is 17.8. The highest BCUT2D eigenvalue weighted by molar-refractivity contribution is 7.20. The third kappa shape index (κ3) is 4.03. The highest BCUT2D eigenvalue weighted by atomic mass is 32.1. The normalized spacial score (nSPS) is 11.8. The molecule has 0 radical (unpaired) electrons. The Bertz CT molecular complexity index is 999. The summed E-state index contributed by atoms with van der Waals surface area (Å²) in [6, 6.07) is 8.28. The summed E-state index contributed by atoms with van der Waals surface area (Å²) >= 11 is 1.46. The molecule has 1 amide bonds. The molecule has 3 aromatic rings. The minimum atomic E-state index is -0.118. The Morgan fingerprint density at radius 3 is 2.48 bits per heavy atom. The zero-order chi connectivity index (χ0) is 19.8. The van der Waals surface area contributed by atoms with Gasteiger partial charge in [-0.3, -0.25) is 4.79 Å². The number of rotatable bonds is 4.